The highest BCUT2D eigenvalue weighted by atomic mass is 16.5. The molecule has 170 valence electrons. The molecule has 2 heterocycles. The lowest BCUT2D eigenvalue weighted by atomic mass is 9.98. The molecule has 1 aliphatic rings. The molecular weight excluding hydrogens is 404 g/mol. The van der Waals surface area contributed by atoms with Crippen LogP contribution in [0.1, 0.15) is 54.3 Å². The first kappa shape index (κ1) is 22.4. The van der Waals surface area contributed by atoms with E-state index < -0.39 is 0 Å². The Morgan fingerprint density at radius 2 is 2.03 bits per heavy atom. The quantitative estimate of drug-likeness (QED) is 0.271. The van der Waals surface area contributed by atoms with E-state index in [1.165, 1.54) is 0 Å². The van der Waals surface area contributed by atoms with E-state index in [4.69, 9.17) is 19.6 Å². The molecule has 6 heteroatoms. The third kappa shape index (κ3) is 5.31. The molecule has 0 aliphatic carbocycles. The normalized spacial score (nSPS) is 16.3. The summed E-state index contributed by atoms with van der Waals surface area (Å²) in [6.45, 7) is 5.24. The molecule has 0 saturated carbocycles. The first-order chi connectivity index (χ1) is 15.7. The summed E-state index contributed by atoms with van der Waals surface area (Å²) in [5, 5.41) is 4.23. The number of anilines is 1. The predicted molar refractivity (Wildman–Crippen MR) is 126 cm³/mol. The number of unbranched alkanes of at least 4 members (excludes halogenated alkanes) is 1. The summed E-state index contributed by atoms with van der Waals surface area (Å²) in [6.07, 6.45) is 4.69. The molecule has 1 unspecified atom stereocenters. The van der Waals surface area contributed by atoms with Gasteiger partial charge in [0.25, 0.3) is 0 Å². The van der Waals surface area contributed by atoms with Crippen LogP contribution in [0.2, 0.25) is 0 Å². The minimum absolute atomic E-state index is 0.0459. The van der Waals surface area contributed by atoms with Crippen LogP contribution in [-0.2, 0) is 11.2 Å². The SMILES string of the molecule is CCCCc1oc2ccc(N)cc2c1C(=O)c1ccc(OCCCC2COCCN2)cc1. The third-order valence-electron chi connectivity index (χ3n) is 5.85. The maximum Gasteiger partial charge on any atom is 0.197 e. The van der Waals surface area contributed by atoms with Gasteiger partial charge in [-0.25, -0.2) is 0 Å². The van der Waals surface area contributed by atoms with Crippen molar-refractivity contribution < 1.29 is 18.7 Å². The van der Waals surface area contributed by atoms with E-state index in [0.717, 1.165) is 68.8 Å². The van der Waals surface area contributed by atoms with Crippen LogP contribution in [0, 0.1) is 0 Å². The number of aryl methyl sites for hydroxylation is 1. The highest BCUT2D eigenvalue weighted by Gasteiger charge is 2.22. The van der Waals surface area contributed by atoms with E-state index in [2.05, 4.69) is 12.2 Å². The second-order valence-electron chi connectivity index (χ2n) is 8.33. The highest BCUT2D eigenvalue weighted by molar-refractivity contribution is 6.17. The number of benzene rings is 2. The number of carbonyl (C=O) groups excluding carboxylic acids is 1. The zero-order chi connectivity index (χ0) is 22.3. The molecule has 3 aromatic rings. The number of nitrogens with one attached hydrogen (secondary N) is 1. The van der Waals surface area contributed by atoms with Crippen LogP contribution >= 0.6 is 0 Å². The van der Waals surface area contributed by atoms with Crippen molar-refractivity contribution in [2.45, 2.75) is 45.1 Å². The third-order valence-corrected chi connectivity index (χ3v) is 5.85. The van der Waals surface area contributed by atoms with E-state index in [-0.39, 0.29) is 5.78 Å². The summed E-state index contributed by atoms with van der Waals surface area (Å²) in [7, 11) is 0. The van der Waals surface area contributed by atoms with Gasteiger partial charge in [-0.1, -0.05) is 13.3 Å². The number of nitrogens with two attached hydrogens (primary N) is 1. The molecule has 0 amide bonds. The van der Waals surface area contributed by atoms with Crippen LogP contribution in [0.25, 0.3) is 11.0 Å². The van der Waals surface area contributed by atoms with Gasteiger partial charge >= 0.3 is 0 Å². The number of hydrogen-bond acceptors (Lipinski definition) is 6. The van der Waals surface area contributed by atoms with Gasteiger partial charge in [-0.15, -0.1) is 0 Å². The lowest BCUT2D eigenvalue weighted by molar-refractivity contribution is 0.0722. The number of ketones is 1. The van der Waals surface area contributed by atoms with Crippen molar-refractivity contribution in [1.82, 2.24) is 5.32 Å². The van der Waals surface area contributed by atoms with Crippen molar-refractivity contribution in [3.8, 4) is 5.75 Å². The van der Waals surface area contributed by atoms with Gasteiger partial charge in [0.15, 0.2) is 5.78 Å². The molecule has 1 aromatic heterocycles. The molecule has 6 nitrogen and oxygen atoms in total. The van der Waals surface area contributed by atoms with E-state index in [1.807, 2.05) is 36.4 Å². The standard InChI is InChI=1S/C26H32N2O4/c1-2-3-6-24-25(22-16-19(27)9-12-23(22)32-24)26(29)18-7-10-21(11-8-18)31-14-4-5-20-17-30-15-13-28-20/h7-12,16,20,28H,2-6,13-15,17,27H2,1H3. The summed E-state index contributed by atoms with van der Waals surface area (Å²) in [5.41, 5.74) is 8.54. The van der Waals surface area contributed by atoms with Crippen molar-refractivity contribution in [3.05, 3.63) is 59.4 Å². The van der Waals surface area contributed by atoms with Crippen LogP contribution < -0.4 is 15.8 Å². The molecule has 32 heavy (non-hydrogen) atoms. The van der Waals surface area contributed by atoms with E-state index in [1.54, 1.807) is 6.07 Å². The summed E-state index contributed by atoms with van der Waals surface area (Å²) >= 11 is 0. The Morgan fingerprint density at radius 3 is 2.78 bits per heavy atom. The monoisotopic (exact) mass is 436 g/mol. The summed E-state index contributed by atoms with van der Waals surface area (Å²) in [6, 6.07) is 13.2. The number of carbonyl (C=O) groups is 1. The molecule has 0 bridgehead atoms. The molecule has 2 aromatic carbocycles. The van der Waals surface area contributed by atoms with Crippen molar-refractivity contribution in [2.75, 3.05) is 32.1 Å². The van der Waals surface area contributed by atoms with Crippen molar-refractivity contribution >= 4 is 22.4 Å². The smallest absolute Gasteiger partial charge is 0.197 e. The minimum atomic E-state index is -0.0459. The van der Waals surface area contributed by atoms with Crippen LogP contribution in [-0.4, -0.2) is 38.2 Å². The number of morpholine rings is 1. The maximum atomic E-state index is 13.4. The summed E-state index contributed by atoms with van der Waals surface area (Å²) < 4.78 is 17.4. The van der Waals surface area contributed by atoms with E-state index >= 15 is 0 Å². The average molecular weight is 437 g/mol. The maximum absolute atomic E-state index is 13.4. The summed E-state index contributed by atoms with van der Waals surface area (Å²) in [5.74, 6) is 1.45. The van der Waals surface area contributed by atoms with Crippen LogP contribution in [0.3, 0.4) is 0 Å². The van der Waals surface area contributed by atoms with Gasteiger partial charge in [0.1, 0.15) is 17.1 Å². The van der Waals surface area contributed by atoms with E-state index in [9.17, 15) is 4.79 Å². The van der Waals surface area contributed by atoms with Gasteiger partial charge < -0.3 is 24.9 Å². The molecule has 0 radical (unpaired) electrons. The molecule has 1 aliphatic heterocycles. The Balaban J connectivity index is 1.43. The van der Waals surface area contributed by atoms with Crippen molar-refractivity contribution in [3.63, 3.8) is 0 Å². The molecule has 0 spiro atoms. The van der Waals surface area contributed by atoms with E-state index in [0.29, 0.717) is 35.0 Å². The number of nitrogen functional groups attached to an aromatic ring is 1. The zero-order valence-corrected chi connectivity index (χ0v) is 18.7. The zero-order valence-electron chi connectivity index (χ0n) is 18.7. The predicted octanol–water partition coefficient (Wildman–Crippen LogP) is 4.74. The summed E-state index contributed by atoms with van der Waals surface area (Å²) in [4.78, 5) is 13.4. The molecule has 1 saturated heterocycles. The largest absolute Gasteiger partial charge is 0.494 e. The van der Waals surface area contributed by atoms with Gasteiger partial charge in [-0.3, -0.25) is 4.79 Å². The van der Waals surface area contributed by atoms with Crippen LogP contribution in [0.5, 0.6) is 5.75 Å². The Hall–Kier alpha value is -2.83. The van der Waals surface area contributed by atoms with Gasteiger partial charge in [-0.05, 0) is 61.7 Å². The van der Waals surface area contributed by atoms with Gasteiger partial charge in [-0.2, -0.15) is 0 Å². The van der Waals surface area contributed by atoms with Crippen molar-refractivity contribution in [1.29, 1.82) is 0 Å². The average Bonchev–Trinajstić information content (AvgIpc) is 3.18. The molecule has 1 atom stereocenters. The lowest BCUT2D eigenvalue weighted by Crippen LogP contribution is -2.41. The Bertz CT molecular complexity index is 1040. The number of rotatable bonds is 10. The molecule has 1 fully saturated rings. The fourth-order valence-electron chi connectivity index (χ4n) is 4.10. The van der Waals surface area contributed by atoms with Gasteiger partial charge in [0.05, 0.1) is 25.4 Å². The topological polar surface area (TPSA) is 86.7 Å². The Labute approximate surface area is 189 Å². The fraction of sp³-hybridized carbons (Fsp3) is 0.423. The Morgan fingerprint density at radius 1 is 1.19 bits per heavy atom. The number of furan rings is 1. The second-order valence-corrected chi connectivity index (χ2v) is 8.33. The molecule has 4 rings (SSSR count). The van der Waals surface area contributed by atoms with Gasteiger partial charge in [0.2, 0.25) is 0 Å². The molecule has 3 N–H and O–H groups in total. The lowest BCUT2D eigenvalue weighted by Gasteiger charge is -2.23. The molecular formula is C26H32N2O4. The number of hydrogen-bond donors (Lipinski definition) is 2. The minimum Gasteiger partial charge on any atom is -0.494 e. The fourth-order valence-corrected chi connectivity index (χ4v) is 4.10. The van der Waals surface area contributed by atoms with Gasteiger partial charge in [0, 0.05) is 35.6 Å². The van der Waals surface area contributed by atoms with Crippen molar-refractivity contribution in [2.24, 2.45) is 0 Å². The highest BCUT2D eigenvalue weighted by Crippen LogP contribution is 2.31. The van der Waals surface area contributed by atoms with Crippen LogP contribution in [0.4, 0.5) is 5.69 Å². The number of fused-ring (bicyclic) bond motifs is 1. The second kappa shape index (κ2) is 10.7. The first-order valence-electron chi connectivity index (χ1n) is 11.5. The number of ether oxygens (including phenoxy) is 2. The van der Waals surface area contributed by atoms with Crippen LogP contribution in [0.15, 0.2) is 46.9 Å². The first-order valence-corrected chi connectivity index (χ1v) is 11.5. The Kier molecular flexibility index (Phi) is 7.45.